The third kappa shape index (κ3) is 2.12. The first-order valence-electron chi connectivity index (χ1n) is 6.18. The van der Waals surface area contributed by atoms with Crippen molar-refractivity contribution in [1.29, 1.82) is 0 Å². The van der Waals surface area contributed by atoms with Crippen LogP contribution < -0.4 is 5.32 Å². The summed E-state index contributed by atoms with van der Waals surface area (Å²) in [5.74, 6) is 1.48. The molecule has 2 heterocycles. The van der Waals surface area contributed by atoms with Crippen LogP contribution in [0.4, 0.5) is 0 Å². The van der Waals surface area contributed by atoms with E-state index in [0.717, 1.165) is 38.0 Å². The van der Waals surface area contributed by atoms with Crippen molar-refractivity contribution >= 4 is 0 Å². The summed E-state index contributed by atoms with van der Waals surface area (Å²) in [6.07, 6.45) is -0.365. The molecular formula is C12H24N2O2. The molecule has 0 aromatic rings. The molecule has 0 spiro atoms. The fraction of sp³-hybridized carbons (Fsp3) is 1.00. The van der Waals surface area contributed by atoms with Crippen molar-refractivity contribution in [1.82, 2.24) is 10.2 Å². The van der Waals surface area contributed by atoms with Crippen LogP contribution in [0.1, 0.15) is 13.8 Å². The number of hydrogen-bond acceptors (Lipinski definition) is 4. The summed E-state index contributed by atoms with van der Waals surface area (Å²) < 4.78 is 4.99. The Labute approximate surface area is 98.0 Å². The molecule has 3 unspecified atom stereocenters. The van der Waals surface area contributed by atoms with Crippen LogP contribution in [0.25, 0.3) is 0 Å². The Bertz CT molecular complexity index is 245. The number of nitrogens with one attached hydrogen (secondary N) is 1. The molecule has 2 saturated heterocycles. The van der Waals surface area contributed by atoms with Crippen LogP contribution in [-0.4, -0.2) is 61.5 Å². The second-order valence-electron chi connectivity index (χ2n) is 5.69. The summed E-state index contributed by atoms with van der Waals surface area (Å²) >= 11 is 0. The molecule has 0 aromatic heterocycles. The van der Waals surface area contributed by atoms with Crippen LogP contribution >= 0.6 is 0 Å². The number of methoxy groups -OCH3 is 1. The first-order valence-corrected chi connectivity index (χ1v) is 6.18. The number of fused-ring (bicyclic) bond motifs is 1. The van der Waals surface area contributed by atoms with E-state index in [4.69, 9.17) is 4.74 Å². The van der Waals surface area contributed by atoms with Gasteiger partial charge in [0.1, 0.15) is 0 Å². The standard InChI is InChI=1S/C12H24N2O2/c1-12(2)11-5-13-4-9(11)6-14(12)7-10(15)8-16-3/h9-11,13,15H,4-8H2,1-3H3. The van der Waals surface area contributed by atoms with Gasteiger partial charge in [0, 0.05) is 32.3 Å². The average molecular weight is 228 g/mol. The number of ether oxygens (including phenoxy) is 1. The summed E-state index contributed by atoms with van der Waals surface area (Å²) in [7, 11) is 1.64. The Morgan fingerprint density at radius 2 is 2.25 bits per heavy atom. The van der Waals surface area contributed by atoms with E-state index in [2.05, 4.69) is 24.1 Å². The minimum Gasteiger partial charge on any atom is -0.389 e. The van der Waals surface area contributed by atoms with Gasteiger partial charge in [-0.15, -0.1) is 0 Å². The number of hydrogen-bond donors (Lipinski definition) is 2. The Morgan fingerprint density at radius 3 is 2.88 bits per heavy atom. The van der Waals surface area contributed by atoms with Gasteiger partial charge in [-0.25, -0.2) is 0 Å². The van der Waals surface area contributed by atoms with Crippen molar-refractivity contribution in [3.8, 4) is 0 Å². The van der Waals surface area contributed by atoms with E-state index in [1.807, 2.05) is 0 Å². The largest absolute Gasteiger partial charge is 0.389 e. The lowest BCUT2D eigenvalue weighted by Crippen LogP contribution is -2.48. The molecule has 2 rings (SSSR count). The van der Waals surface area contributed by atoms with Crippen LogP contribution in [-0.2, 0) is 4.74 Å². The third-order valence-electron chi connectivity index (χ3n) is 4.31. The maximum atomic E-state index is 9.82. The molecule has 3 atom stereocenters. The maximum absolute atomic E-state index is 9.82. The number of β-amino-alcohol motifs (C(OH)–C–C–N with tert-alkyl or cyclic N) is 1. The molecule has 4 heteroatoms. The molecule has 0 bridgehead atoms. The van der Waals surface area contributed by atoms with E-state index in [1.165, 1.54) is 0 Å². The van der Waals surface area contributed by atoms with Gasteiger partial charge in [-0.1, -0.05) is 0 Å². The number of rotatable bonds is 4. The molecule has 2 fully saturated rings. The number of aliphatic hydroxyl groups excluding tert-OH is 1. The van der Waals surface area contributed by atoms with Gasteiger partial charge in [-0.3, -0.25) is 4.90 Å². The molecule has 2 N–H and O–H groups in total. The van der Waals surface area contributed by atoms with Crippen LogP contribution in [0.15, 0.2) is 0 Å². The lowest BCUT2D eigenvalue weighted by molar-refractivity contribution is 0.0165. The van der Waals surface area contributed by atoms with E-state index in [0.29, 0.717) is 6.61 Å². The zero-order valence-corrected chi connectivity index (χ0v) is 10.6. The van der Waals surface area contributed by atoms with Crippen molar-refractivity contribution in [3.63, 3.8) is 0 Å². The summed E-state index contributed by atoms with van der Waals surface area (Å²) in [5, 5.41) is 13.3. The van der Waals surface area contributed by atoms with Gasteiger partial charge < -0.3 is 15.2 Å². The van der Waals surface area contributed by atoms with E-state index >= 15 is 0 Å². The Morgan fingerprint density at radius 1 is 1.50 bits per heavy atom. The Balaban J connectivity index is 1.96. The Kier molecular flexibility index (Phi) is 3.54. The summed E-state index contributed by atoms with van der Waals surface area (Å²) in [5.41, 5.74) is 0.197. The predicted octanol–water partition coefficient (Wildman–Crippen LogP) is -0.0765. The van der Waals surface area contributed by atoms with Crippen LogP contribution in [0.3, 0.4) is 0 Å². The van der Waals surface area contributed by atoms with Crippen LogP contribution in [0.2, 0.25) is 0 Å². The van der Waals surface area contributed by atoms with Gasteiger partial charge in [-0.2, -0.15) is 0 Å². The van der Waals surface area contributed by atoms with Gasteiger partial charge in [0.25, 0.3) is 0 Å². The molecule has 2 aliphatic rings. The van der Waals surface area contributed by atoms with Crippen molar-refractivity contribution < 1.29 is 9.84 Å². The minimum absolute atomic E-state index is 0.197. The zero-order chi connectivity index (χ0) is 11.8. The second-order valence-corrected chi connectivity index (χ2v) is 5.69. The highest BCUT2D eigenvalue weighted by atomic mass is 16.5. The molecule has 4 nitrogen and oxygen atoms in total. The molecule has 94 valence electrons. The maximum Gasteiger partial charge on any atom is 0.0900 e. The number of aliphatic hydroxyl groups is 1. The van der Waals surface area contributed by atoms with Crippen molar-refractivity contribution in [2.24, 2.45) is 11.8 Å². The van der Waals surface area contributed by atoms with Gasteiger partial charge in [0.15, 0.2) is 0 Å². The zero-order valence-electron chi connectivity index (χ0n) is 10.6. The van der Waals surface area contributed by atoms with Crippen molar-refractivity contribution in [2.45, 2.75) is 25.5 Å². The lowest BCUT2D eigenvalue weighted by Gasteiger charge is -2.36. The smallest absolute Gasteiger partial charge is 0.0900 e. The quantitative estimate of drug-likeness (QED) is 0.707. The topological polar surface area (TPSA) is 44.7 Å². The average Bonchev–Trinajstić information content (AvgIpc) is 2.72. The first kappa shape index (κ1) is 12.3. The molecule has 0 aliphatic carbocycles. The monoisotopic (exact) mass is 228 g/mol. The number of likely N-dealkylation sites (tertiary alicyclic amines) is 1. The summed E-state index contributed by atoms with van der Waals surface area (Å²) in [4.78, 5) is 2.42. The predicted molar refractivity (Wildman–Crippen MR) is 63.4 cm³/mol. The minimum atomic E-state index is -0.365. The molecule has 16 heavy (non-hydrogen) atoms. The van der Waals surface area contributed by atoms with Gasteiger partial charge in [0.2, 0.25) is 0 Å². The molecule has 0 aromatic carbocycles. The van der Waals surface area contributed by atoms with Crippen molar-refractivity contribution in [2.75, 3.05) is 39.9 Å². The van der Waals surface area contributed by atoms with Crippen LogP contribution in [0, 0.1) is 11.8 Å². The SMILES string of the molecule is COCC(O)CN1CC2CNCC2C1(C)C. The van der Waals surface area contributed by atoms with E-state index < -0.39 is 0 Å². The first-order chi connectivity index (χ1) is 7.55. The third-order valence-corrected chi connectivity index (χ3v) is 4.31. The summed E-state index contributed by atoms with van der Waals surface area (Å²) in [6.45, 7) is 9.10. The number of nitrogens with zero attached hydrogens (tertiary/aromatic N) is 1. The van der Waals surface area contributed by atoms with Crippen molar-refractivity contribution in [3.05, 3.63) is 0 Å². The lowest BCUT2D eigenvalue weighted by atomic mass is 9.85. The van der Waals surface area contributed by atoms with Gasteiger partial charge >= 0.3 is 0 Å². The molecular weight excluding hydrogens is 204 g/mol. The fourth-order valence-electron chi connectivity index (χ4n) is 3.31. The van der Waals surface area contributed by atoms with E-state index in [9.17, 15) is 5.11 Å². The molecule has 0 amide bonds. The van der Waals surface area contributed by atoms with Crippen LogP contribution in [0.5, 0.6) is 0 Å². The van der Waals surface area contributed by atoms with Gasteiger partial charge in [-0.05, 0) is 32.2 Å². The Hall–Kier alpha value is -0.160. The van der Waals surface area contributed by atoms with E-state index in [1.54, 1.807) is 7.11 Å². The fourth-order valence-corrected chi connectivity index (χ4v) is 3.31. The highest BCUT2D eigenvalue weighted by molar-refractivity contribution is 5.04. The van der Waals surface area contributed by atoms with E-state index in [-0.39, 0.29) is 11.6 Å². The molecule has 0 saturated carbocycles. The normalized spacial score (nSPS) is 35.2. The molecule has 2 aliphatic heterocycles. The molecule has 0 radical (unpaired) electrons. The van der Waals surface area contributed by atoms with Gasteiger partial charge in [0.05, 0.1) is 12.7 Å². The highest BCUT2D eigenvalue weighted by Crippen LogP contribution is 2.40. The second kappa shape index (κ2) is 4.61. The highest BCUT2D eigenvalue weighted by Gasteiger charge is 2.49. The summed E-state index contributed by atoms with van der Waals surface area (Å²) in [6, 6.07) is 0.